The van der Waals surface area contributed by atoms with Crippen LogP contribution in [0, 0.1) is 25.5 Å². The van der Waals surface area contributed by atoms with Crippen molar-refractivity contribution >= 4 is 24.4 Å². The summed E-state index contributed by atoms with van der Waals surface area (Å²) >= 11 is 5.10. The summed E-state index contributed by atoms with van der Waals surface area (Å²) < 4.78 is 8.29. The van der Waals surface area contributed by atoms with E-state index in [1.165, 1.54) is 0 Å². The maximum absolute atomic E-state index is 12.2. The molecule has 1 aromatic carbocycles. The minimum atomic E-state index is -0.367. The first-order valence-corrected chi connectivity index (χ1v) is 9.43. The number of aromatic amines is 1. The second-order valence-electron chi connectivity index (χ2n) is 6.40. The molecule has 0 amide bonds. The van der Waals surface area contributed by atoms with Gasteiger partial charge in [-0.3, -0.25) is 9.89 Å². The Morgan fingerprint density at radius 2 is 1.97 bits per heavy atom. The highest BCUT2D eigenvalue weighted by Crippen LogP contribution is 2.20. The fraction of sp³-hybridized carbons (Fsp3) is 0.250. The van der Waals surface area contributed by atoms with Gasteiger partial charge in [-0.15, -0.1) is 0 Å². The van der Waals surface area contributed by atoms with Crippen molar-refractivity contribution in [3.8, 4) is 5.69 Å². The molecule has 150 valence electrons. The van der Waals surface area contributed by atoms with Crippen molar-refractivity contribution in [2.24, 2.45) is 5.10 Å². The van der Waals surface area contributed by atoms with Crippen LogP contribution in [0.1, 0.15) is 39.9 Å². The smallest absolute Gasteiger partial charge is 0.338 e. The number of nitrogens with one attached hydrogen (secondary N) is 1. The zero-order valence-electron chi connectivity index (χ0n) is 16.6. The number of aromatic nitrogens is 4. The molecule has 0 saturated carbocycles. The average molecular weight is 411 g/mol. The van der Waals surface area contributed by atoms with Gasteiger partial charge in [0.25, 0.3) is 5.56 Å². The first kappa shape index (κ1) is 20.4. The Labute approximate surface area is 172 Å². The van der Waals surface area contributed by atoms with Crippen LogP contribution in [0.2, 0.25) is 0 Å². The van der Waals surface area contributed by atoms with Crippen LogP contribution < -0.4 is 5.56 Å². The van der Waals surface area contributed by atoms with Gasteiger partial charge in [0.2, 0.25) is 4.77 Å². The van der Waals surface area contributed by atoms with Crippen molar-refractivity contribution in [1.29, 1.82) is 0 Å². The Bertz CT molecular complexity index is 1200. The van der Waals surface area contributed by atoms with Gasteiger partial charge in [-0.05, 0) is 70.2 Å². The topological polar surface area (TPSA) is 94.3 Å². The summed E-state index contributed by atoms with van der Waals surface area (Å²) in [6.45, 7) is 7.62. The van der Waals surface area contributed by atoms with Gasteiger partial charge in [-0.2, -0.15) is 14.9 Å². The van der Waals surface area contributed by atoms with Crippen molar-refractivity contribution in [1.82, 2.24) is 19.4 Å². The van der Waals surface area contributed by atoms with Crippen LogP contribution in [0.4, 0.5) is 0 Å². The number of H-pyrrole nitrogens is 1. The Hall–Kier alpha value is -3.33. The number of carbonyl (C=O) groups is 1. The highest BCUT2D eigenvalue weighted by molar-refractivity contribution is 7.71. The largest absolute Gasteiger partial charge is 0.462 e. The van der Waals surface area contributed by atoms with Gasteiger partial charge < -0.3 is 9.30 Å². The molecule has 0 unspecified atom stereocenters. The third kappa shape index (κ3) is 4.09. The lowest BCUT2D eigenvalue weighted by atomic mass is 10.2. The van der Waals surface area contributed by atoms with Crippen LogP contribution >= 0.6 is 12.2 Å². The Kier molecular flexibility index (Phi) is 5.88. The number of benzene rings is 1. The Morgan fingerprint density at radius 1 is 1.28 bits per heavy atom. The zero-order chi connectivity index (χ0) is 21.1. The zero-order valence-corrected chi connectivity index (χ0v) is 17.4. The maximum Gasteiger partial charge on any atom is 0.338 e. The number of carbonyl (C=O) groups excluding carboxylic acids is 1. The van der Waals surface area contributed by atoms with Crippen molar-refractivity contribution in [2.75, 3.05) is 6.61 Å². The number of aryl methyl sites for hydroxylation is 2. The normalized spacial score (nSPS) is 11.2. The van der Waals surface area contributed by atoms with Gasteiger partial charge >= 0.3 is 5.97 Å². The molecule has 0 saturated heterocycles. The van der Waals surface area contributed by atoms with E-state index in [4.69, 9.17) is 17.0 Å². The molecule has 0 fully saturated rings. The summed E-state index contributed by atoms with van der Waals surface area (Å²) in [5.74, 6) is -0.345. The summed E-state index contributed by atoms with van der Waals surface area (Å²) in [6.07, 6.45) is 1.59. The quantitative estimate of drug-likeness (QED) is 0.396. The van der Waals surface area contributed by atoms with Crippen molar-refractivity contribution in [3.63, 3.8) is 0 Å². The van der Waals surface area contributed by atoms with Crippen LogP contribution in [0.25, 0.3) is 5.69 Å². The molecular formula is C20H21N5O3S. The van der Waals surface area contributed by atoms with Gasteiger partial charge in [-0.25, -0.2) is 4.79 Å². The van der Waals surface area contributed by atoms with Gasteiger partial charge in [0, 0.05) is 22.6 Å². The first-order chi connectivity index (χ1) is 13.8. The average Bonchev–Trinajstić information content (AvgIpc) is 2.98. The van der Waals surface area contributed by atoms with Crippen LogP contribution in [0.15, 0.2) is 40.2 Å². The Morgan fingerprint density at radius 3 is 2.62 bits per heavy atom. The summed E-state index contributed by atoms with van der Waals surface area (Å²) in [4.78, 5) is 24.0. The van der Waals surface area contributed by atoms with Gasteiger partial charge in [-0.1, -0.05) is 0 Å². The van der Waals surface area contributed by atoms with E-state index in [1.54, 1.807) is 32.2 Å². The Balaban J connectivity index is 1.96. The van der Waals surface area contributed by atoms with E-state index in [0.717, 1.165) is 27.3 Å². The molecule has 3 rings (SSSR count). The number of rotatable bonds is 5. The molecule has 0 radical (unpaired) electrons. The summed E-state index contributed by atoms with van der Waals surface area (Å²) in [5.41, 5.74) is 4.08. The molecule has 29 heavy (non-hydrogen) atoms. The predicted octanol–water partition coefficient (Wildman–Crippen LogP) is 3.08. The van der Waals surface area contributed by atoms with Gasteiger partial charge in [0.1, 0.15) is 5.69 Å². The van der Waals surface area contributed by atoms with Crippen molar-refractivity contribution in [3.05, 3.63) is 73.7 Å². The maximum atomic E-state index is 12.2. The highest BCUT2D eigenvalue weighted by Gasteiger charge is 2.12. The van der Waals surface area contributed by atoms with Crippen molar-refractivity contribution in [2.45, 2.75) is 27.7 Å². The lowest BCUT2D eigenvalue weighted by Gasteiger charge is -2.10. The molecule has 0 atom stereocenters. The monoisotopic (exact) mass is 411 g/mol. The molecular weight excluding hydrogens is 390 g/mol. The summed E-state index contributed by atoms with van der Waals surface area (Å²) in [7, 11) is 0. The van der Waals surface area contributed by atoms with E-state index in [-0.39, 0.29) is 22.0 Å². The van der Waals surface area contributed by atoms with E-state index in [9.17, 15) is 9.59 Å². The second kappa shape index (κ2) is 8.36. The third-order valence-corrected chi connectivity index (χ3v) is 4.70. The SMILES string of the molecule is CCOC(=O)c1ccc(-n2c(C)cc(/C=N/n3c(=S)[nH]nc(C)c3=O)c2C)cc1. The van der Waals surface area contributed by atoms with E-state index in [2.05, 4.69) is 15.3 Å². The standard InChI is InChI=1S/C20H21N5O3S/c1-5-28-19(27)15-6-8-17(9-7-15)24-12(2)10-16(14(24)4)11-21-25-18(26)13(3)22-23-20(25)29/h6-11H,5H2,1-4H3,(H,23,29)/b21-11+. The van der Waals surface area contributed by atoms with Crippen molar-refractivity contribution < 1.29 is 9.53 Å². The molecule has 0 spiro atoms. The molecule has 0 bridgehead atoms. The third-order valence-electron chi connectivity index (χ3n) is 4.43. The molecule has 3 aromatic rings. The molecule has 0 aliphatic rings. The molecule has 2 aromatic heterocycles. The molecule has 2 heterocycles. The molecule has 1 N–H and O–H groups in total. The second-order valence-corrected chi connectivity index (χ2v) is 6.79. The highest BCUT2D eigenvalue weighted by atomic mass is 32.1. The van der Waals surface area contributed by atoms with E-state index in [1.807, 2.05) is 36.6 Å². The van der Waals surface area contributed by atoms with E-state index < -0.39 is 0 Å². The van der Waals surface area contributed by atoms with Crippen LogP contribution in [-0.4, -0.2) is 38.2 Å². The fourth-order valence-electron chi connectivity index (χ4n) is 2.97. The summed E-state index contributed by atoms with van der Waals surface area (Å²) in [5, 5.41) is 10.7. The molecule has 8 nitrogen and oxygen atoms in total. The number of nitrogens with zero attached hydrogens (tertiary/aromatic N) is 4. The van der Waals surface area contributed by atoms with Crippen LogP contribution in [-0.2, 0) is 4.74 Å². The van der Waals surface area contributed by atoms with E-state index >= 15 is 0 Å². The number of ether oxygens (including phenoxy) is 1. The first-order valence-electron chi connectivity index (χ1n) is 9.02. The lowest BCUT2D eigenvalue weighted by molar-refractivity contribution is 0.0526. The van der Waals surface area contributed by atoms with Gasteiger partial charge in [0.05, 0.1) is 18.4 Å². The molecule has 0 aliphatic carbocycles. The summed E-state index contributed by atoms with van der Waals surface area (Å²) in [6, 6.07) is 9.15. The van der Waals surface area contributed by atoms with E-state index in [0.29, 0.717) is 12.2 Å². The van der Waals surface area contributed by atoms with Crippen LogP contribution in [0.3, 0.4) is 0 Å². The fourth-order valence-corrected chi connectivity index (χ4v) is 3.15. The number of hydrogen-bond donors (Lipinski definition) is 1. The lowest BCUT2D eigenvalue weighted by Crippen LogP contribution is -2.22. The number of hydrogen-bond acceptors (Lipinski definition) is 6. The molecule has 9 heteroatoms. The minimum Gasteiger partial charge on any atom is -0.462 e. The van der Waals surface area contributed by atoms with Gasteiger partial charge in [0.15, 0.2) is 0 Å². The molecule has 0 aliphatic heterocycles. The number of esters is 1. The minimum absolute atomic E-state index is 0.125. The predicted molar refractivity (Wildman–Crippen MR) is 113 cm³/mol. The van der Waals surface area contributed by atoms with Crippen LogP contribution in [0.5, 0.6) is 0 Å².